The van der Waals surface area contributed by atoms with E-state index in [0.29, 0.717) is 23.5 Å². The topological polar surface area (TPSA) is 88.2 Å². The van der Waals surface area contributed by atoms with Crippen LogP contribution in [0.2, 0.25) is 0 Å². The Morgan fingerprint density at radius 3 is 2.32 bits per heavy atom. The number of benzene rings is 2. The Bertz CT molecular complexity index is 1000. The molecule has 168 valence electrons. The molecule has 2 aromatic carbocycles. The van der Waals surface area contributed by atoms with Crippen molar-refractivity contribution in [2.24, 2.45) is 0 Å². The largest absolute Gasteiger partial charge is 0.497 e. The molecule has 1 fully saturated rings. The second kappa shape index (κ2) is 10.1. The molecule has 0 saturated carbocycles. The maximum Gasteiger partial charge on any atom is 0.339 e. The van der Waals surface area contributed by atoms with Gasteiger partial charge in [-0.2, -0.15) is 0 Å². The number of nitrogens with zero attached hydrogens (tertiary/aromatic N) is 2. The minimum absolute atomic E-state index is 0.178. The monoisotopic (exact) mass is 447 g/mol. The van der Waals surface area contributed by atoms with Crippen molar-refractivity contribution < 1.29 is 22.7 Å². The van der Waals surface area contributed by atoms with Crippen LogP contribution in [0.25, 0.3) is 0 Å². The number of rotatable bonds is 8. The van der Waals surface area contributed by atoms with Crippen molar-refractivity contribution >= 4 is 21.5 Å². The molecule has 0 bridgehead atoms. The Hall–Kier alpha value is -2.62. The van der Waals surface area contributed by atoms with Crippen molar-refractivity contribution in [3.8, 4) is 5.75 Å². The fourth-order valence-corrected chi connectivity index (χ4v) is 4.55. The van der Waals surface area contributed by atoms with E-state index >= 15 is 0 Å². The maximum atomic E-state index is 12.9. The van der Waals surface area contributed by atoms with Crippen molar-refractivity contribution in [1.29, 1.82) is 0 Å². The van der Waals surface area contributed by atoms with Crippen LogP contribution in [-0.4, -0.2) is 77.5 Å². The normalized spacial score (nSPS) is 15.5. The summed E-state index contributed by atoms with van der Waals surface area (Å²) in [7, 11) is 1.30. The minimum Gasteiger partial charge on any atom is -0.497 e. The first-order valence-corrected chi connectivity index (χ1v) is 11.7. The molecule has 1 aliphatic rings. The number of anilines is 1. The number of hydrogen-bond donors (Lipinski definition) is 1. The molecule has 0 radical (unpaired) electrons. The maximum absolute atomic E-state index is 12.9. The third-order valence-electron chi connectivity index (χ3n) is 5.40. The first kappa shape index (κ1) is 23.1. The van der Waals surface area contributed by atoms with Crippen molar-refractivity contribution in [3.05, 3.63) is 53.6 Å². The van der Waals surface area contributed by atoms with Crippen molar-refractivity contribution in [2.45, 2.75) is 11.4 Å². The minimum atomic E-state index is -3.63. The van der Waals surface area contributed by atoms with Gasteiger partial charge in [-0.15, -0.1) is 0 Å². The van der Waals surface area contributed by atoms with Gasteiger partial charge in [0.05, 0.1) is 30.4 Å². The number of ether oxygens (including phenoxy) is 2. The van der Waals surface area contributed by atoms with Gasteiger partial charge in [0.2, 0.25) is 0 Å². The summed E-state index contributed by atoms with van der Waals surface area (Å²) < 4.78 is 35.7. The number of esters is 1. The molecule has 0 unspecified atom stereocenters. The molecule has 0 atom stereocenters. The lowest BCUT2D eigenvalue weighted by molar-refractivity contribution is 0.0601. The molecule has 1 N–H and O–H groups in total. The van der Waals surface area contributed by atoms with Crippen molar-refractivity contribution in [2.75, 3.05) is 58.6 Å². The van der Waals surface area contributed by atoms with Gasteiger partial charge >= 0.3 is 5.97 Å². The molecule has 3 rings (SSSR count). The lowest BCUT2D eigenvalue weighted by Crippen LogP contribution is -2.44. The second-order valence-corrected chi connectivity index (χ2v) is 9.51. The summed E-state index contributed by atoms with van der Waals surface area (Å²) in [4.78, 5) is 17.1. The van der Waals surface area contributed by atoms with E-state index in [1.807, 2.05) is 6.07 Å². The van der Waals surface area contributed by atoms with Gasteiger partial charge in [0.25, 0.3) is 0 Å². The SMILES string of the molecule is COC(=O)c1cccc(CN2CCN(C)CC2)c1NCS(=O)(=O)c1ccc(OC)cc1. The highest BCUT2D eigenvalue weighted by atomic mass is 32.2. The highest BCUT2D eigenvalue weighted by molar-refractivity contribution is 7.91. The fourth-order valence-electron chi connectivity index (χ4n) is 3.50. The van der Waals surface area contributed by atoms with Gasteiger partial charge < -0.3 is 19.7 Å². The quantitative estimate of drug-likeness (QED) is 0.616. The van der Waals surface area contributed by atoms with Crippen LogP contribution >= 0.6 is 0 Å². The molecule has 1 saturated heterocycles. The van der Waals surface area contributed by atoms with E-state index in [-0.39, 0.29) is 10.8 Å². The molecule has 2 aromatic rings. The molecular formula is C22H29N3O5S. The molecule has 31 heavy (non-hydrogen) atoms. The molecule has 8 nitrogen and oxygen atoms in total. The van der Waals surface area contributed by atoms with Crippen LogP contribution in [0.15, 0.2) is 47.4 Å². The van der Waals surface area contributed by atoms with E-state index in [2.05, 4.69) is 22.2 Å². The summed E-state index contributed by atoms with van der Waals surface area (Å²) in [6.45, 7) is 4.35. The number of sulfone groups is 1. The van der Waals surface area contributed by atoms with Gasteiger partial charge in [-0.1, -0.05) is 12.1 Å². The predicted molar refractivity (Wildman–Crippen MR) is 119 cm³/mol. The van der Waals surface area contributed by atoms with Gasteiger partial charge in [0.15, 0.2) is 9.84 Å². The van der Waals surface area contributed by atoms with Gasteiger partial charge in [0.1, 0.15) is 11.6 Å². The summed E-state index contributed by atoms with van der Waals surface area (Å²) in [5.41, 5.74) is 1.67. The fraction of sp³-hybridized carbons (Fsp3) is 0.409. The average Bonchev–Trinajstić information content (AvgIpc) is 2.79. The van der Waals surface area contributed by atoms with Gasteiger partial charge in [-0.3, -0.25) is 4.90 Å². The molecular weight excluding hydrogens is 418 g/mol. The zero-order valence-electron chi connectivity index (χ0n) is 18.1. The lowest BCUT2D eigenvalue weighted by Gasteiger charge is -2.33. The molecule has 0 aliphatic carbocycles. The van der Waals surface area contributed by atoms with E-state index in [9.17, 15) is 13.2 Å². The van der Waals surface area contributed by atoms with Gasteiger partial charge in [-0.25, -0.2) is 13.2 Å². The summed E-state index contributed by atoms with van der Waals surface area (Å²) in [5, 5.41) is 3.01. The Balaban J connectivity index is 1.84. The van der Waals surface area contributed by atoms with E-state index in [4.69, 9.17) is 9.47 Å². The van der Waals surface area contributed by atoms with Crippen LogP contribution in [0.1, 0.15) is 15.9 Å². The number of likely N-dealkylation sites (N-methyl/N-ethyl adjacent to an activating group) is 1. The number of hydrogen-bond acceptors (Lipinski definition) is 8. The van der Waals surface area contributed by atoms with E-state index in [1.165, 1.54) is 26.4 Å². The third-order valence-corrected chi connectivity index (χ3v) is 6.92. The molecule has 0 spiro atoms. The van der Waals surface area contributed by atoms with Crippen molar-refractivity contribution in [1.82, 2.24) is 9.80 Å². The molecule has 0 aromatic heterocycles. The average molecular weight is 448 g/mol. The number of methoxy groups -OCH3 is 2. The van der Waals surface area contributed by atoms with Gasteiger partial charge in [0, 0.05) is 32.7 Å². The zero-order valence-corrected chi connectivity index (χ0v) is 18.9. The van der Waals surface area contributed by atoms with Crippen LogP contribution in [0, 0.1) is 0 Å². The number of para-hydroxylation sites is 1. The Morgan fingerprint density at radius 2 is 1.71 bits per heavy atom. The van der Waals surface area contributed by atoms with Crippen LogP contribution in [0.5, 0.6) is 5.75 Å². The summed E-state index contributed by atoms with van der Waals surface area (Å²) in [5.74, 6) is -0.273. The van der Waals surface area contributed by atoms with Crippen molar-refractivity contribution in [3.63, 3.8) is 0 Å². The Morgan fingerprint density at radius 1 is 1.03 bits per heavy atom. The standard InChI is InChI=1S/C22H29N3O5S/c1-24-11-13-25(14-12-24)15-17-5-4-6-20(22(26)30-3)21(17)23-16-31(27,28)19-9-7-18(29-2)8-10-19/h4-10,23H,11-16H2,1-3H3. The smallest absolute Gasteiger partial charge is 0.339 e. The number of carbonyl (C=O) groups is 1. The van der Waals surface area contributed by atoms with Crippen LogP contribution in [0.4, 0.5) is 5.69 Å². The molecule has 0 amide bonds. The van der Waals surface area contributed by atoms with Crippen LogP contribution < -0.4 is 10.1 Å². The second-order valence-electron chi connectivity index (χ2n) is 7.52. The highest BCUT2D eigenvalue weighted by Gasteiger charge is 2.22. The lowest BCUT2D eigenvalue weighted by atomic mass is 10.1. The molecule has 1 heterocycles. The van der Waals surface area contributed by atoms with Gasteiger partial charge in [-0.05, 0) is 42.9 Å². The number of nitrogens with one attached hydrogen (secondary N) is 1. The zero-order chi connectivity index (χ0) is 22.4. The van der Waals surface area contributed by atoms with E-state index < -0.39 is 15.8 Å². The summed E-state index contributed by atoms with van der Waals surface area (Å²) >= 11 is 0. The summed E-state index contributed by atoms with van der Waals surface area (Å²) in [6, 6.07) is 11.6. The highest BCUT2D eigenvalue weighted by Crippen LogP contribution is 2.25. The Labute approximate surface area is 183 Å². The summed E-state index contributed by atoms with van der Waals surface area (Å²) in [6.07, 6.45) is 0. The molecule has 9 heteroatoms. The molecule has 1 aliphatic heterocycles. The van der Waals surface area contributed by atoms with E-state index in [1.54, 1.807) is 24.3 Å². The van der Waals surface area contributed by atoms with Crippen LogP contribution in [-0.2, 0) is 21.1 Å². The van der Waals surface area contributed by atoms with E-state index in [0.717, 1.165) is 31.7 Å². The van der Waals surface area contributed by atoms with Crippen LogP contribution in [0.3, 0.4) is 0 Å². The number of carbonyl (C=O) groups excluding carboxylic acids is 1. The number of piperazine rings is 1. The first-order valence-electron chi connectivity index (χ1n) is 10.1. The predicted octanol–water partition coefficient (Wildman–Crippen LogP) is 2.07. The Kier molecular flexibility index (Phi) is 7.53. The third kappa shape index (κ3) is 5.75. The first-order chi connectivity index (χ1) is 14.8.